The van der Waals surface area contributed by atoms with Gasteiger partial charge in [-0.25, -0.2) is 0 Å². The van der Waals surface area contributed by atoms with Crippen molar-refractivity contribution >= 4 is 46.9 Å². The normalized spacial score (nSPS) is 16.6. The molecule has 0 atom stereocenters. The van der Waals surface area contributed by atoms with Crippen LogP contribution in [0.2, 0.25) is 0 Å². The quantitative estimate of drug-likeness (QED) is 0.114. The van der Waals surface area contributed by atoms with Crippen LogP contribution in [-0.4, -0.2) is 11.6 Å². The minimum absolute atomic E-state index is 0.0314. The van der Waals surface area contributed by atoms with Crippen LogP contribution in [0, 0.1) is 5.92 Å². The molecule has 0 unspecified atom stereocenters. The fraction of sp³-hybridized carbons (Fsp3) is 0.333. The van der Waals surface area contributed by atoms with Gasteiger partial charge in [0, 0.05) is 51.6 Å². The van der Waals surface area contributed by atoms with E-state index in [1.165, 1.54) is 79.2 Å². The molecule has 1 saturated carbocycles. The van der Waals surface area contributed by atoms with Crippen molar-refractivity contribution < 1.29 is 9.59 Å². The van der Waals surface area contributed by atoms with Crippen molar-refractivity contribution in [3.63, 3.8) is 0 Å². The minimum Gasteiger partial charge on any atom is -0.289 e. The molecule has 6 aromatic carbocycles. The van der Waals surface area contributed by atoms with E-state index in [0.717, 1.165) is 35.3 Å². The Labute approximate surface area is 383 Å². The van der Waals surface area contributed by atoms with E-state index in [2.05, 4.69) is 146 Å². The number of hydrogen-bond acceptors (Lipinski definition) is 5. The third-order valence-corrected chi connectivity index (χ3v) is 16.0. The summed E-state index contributed by atoms with van der Waals surface area (Å²) in [5.41, 5.74) is 8.39. The number of unbranched alkanes of at least 4 members (excludes halogenated alkanes) is 2. The number of ketones is 2. The van der Waals surface area contributed by atoms with Gasteiger partial charge in [0.2, 0.25) is 0 Å². The van der Waals surface area contributed by atoms with Crippen LogP contribution in [0.1, 0.15) is 154 Å². The molecule has 318 valence electrons. The molecule has 2 aliphatic carbocycles. The first-order valence-electron chi connectivity index (χ1n) is 22.6. The third kappa shape index (κ3) is 9.91. The fourth-order valence-corrected chi connectivity index (χ4v) is 11.9. The zero-order valence-corrected chi connectivity index (χ0v) is 39.9. The van der Waals surface area contributed by atoms with Gasteiger partial charge in [-0.2, -0.15) is 0 Å². The molecule has 5 heteroatoms. The highest BCUT2D eigenvalue weighted by atomic mass is 32.2. The van der Waals surface area contributed by atoms with Crippen molar-refractivity contribution in [3.05, 3.63) is 166 Å². The maximum atomic E-state index is 15.1. The van der Waals surface area contributed by atoms with Crippen LogP contribution in [0.3, 0.4) is 0 Å². The van der Waals surface area contributed by atoms with Crippen LogP contribution in [-0.2, 0) is 10.8 Å². The molecule has 0 bridgehead atoms. The molecule has 0 radical (unpaired) electrons. The van der Waals surface area contributed by atoms with Gasteiger partial charge in [0.05, 0.1) is 0 Å². The van der Waals surface area contributed by atoms with E-state index >= 15 is 4.79 Å². The highest BCUT2D eigenvalue weighted by Gasteiger charge is 2.36. The predicted octanol–water partition coefficient (Wildman–Crippen LogP) is 17.0. The zero-order chi connectivity index (χ0) is 43.6. The molecule has 0 heterocycles. The monoisotopic (exact) mass is 872 g/mol. The van der Waals surface area contributed by atoms with Gasteiger partial charge >= 0.3 is 0 Å². The Bertz CT molecular complexity index is 2530. The van der Waals surface area contributed by atoms with Crippen molar-refractivity contribution in [2.24, 2.45) is 5.92 Å². The molecular formula is C57H60O2S3. The van der Waals surface area contributed by atoms with E-state index in [0.29, 0.717) is 28.2 Å². The molecule has 6 aromatic rings. The smallest absolute Gasteiger partial charge is 0.196 e. The van der Waals surface area contributed by atoms with Crippen molar-refractivity contribution in [1.29, 1.82) is 0 Å². The average molecular weight is 873 g/mol. The van der Waals surface area contributed by atoms with E-state index < -0.39 is 0 Å². The van der Waals surface area contributed by atoms with Gasteiger partial charge in [0.1, 0.15) is 0 Å². The predicted molar refractivity (Wildman–Crippen MR) is 263 cm³/mol. The maximum absolute atomic E-state index is 15.1. The summed E-state index contributed by atoms with van der Waals surface area (Å²) in [6.45, 7) is 15.6. The number of carbonyl (C=O) groups is 2. The van der Waals surface area contributed by atoms with Gasteiger partial charge in [-0.15, -0.1) is 0 Å². The first-order valence-corrected chi connectivity index (χ1v) is 25.1. The SMILES string of the molecule is CCCCCC1CCC(c2ccc(-c3ccc(Sc4ccc(Sc5ccc(C(C)(C)C)cc5)c5c4C(=O)c4cccc(Sc6ccc(C(C)(C)C)cc6)c4C5=O)cc3)cc2)CC1. The van der Waals surface area contributed by atoms with E-state index in [1.54, 1.807) is 35.3 Å². The van der Waals surface area contributed by atoms with Crippen LogP contribution in [0.5, 0.6) is 0 Å². The topological polar surface area (TPSA) is 34.1 Å². The Hall–Kier alpha value is -4.29. The van der Waals surface area contributed by atoms with Gasteiger partial charge in [0.15, 0.2) is 11.6 Å². The number of fused-ring (bicyclic) bond motifs is 2. The standard InChI is InChI=1S/C57H60O2S3/c1-8-9-10-12-37-15-17-38(18-16-37)39-19-21-40(22-20-39)41-23-29-44(30-24-41)61-49-35-36-50(62-46-33-27-43(28-34-46)57(5,6)7)53-52(49)54(58)47-13-11-14-48(51(47)55(53)59)60-45-31-25-42(26-32-45)56(2,3)4/h11,13-14,19-38H,8-10,12,15-18H2,1-7H3. The largest absolute Gasteiger partial charge is 0.289 e. The summed E-state index contributed by atoms with van der Waals surface area (Å²) in [4.78, 5) is 35.4. The van der Waals surface area contributed by atoms with Gasteiger partial charge in [-0.3, -0.25) is 9.59 Å². The van der Waals surface area contributed by atoms with Crippen LogP contribution in [0.15, 0.2) is 157 Å². The summed E-state index contributed by atoms with van der Waals surface area (Å²) in [7, 11) is 0. The van der Waals surface area contributed by atoms with E-state index in [4.69, 9.17) is 0 Å². The van der Waals surface area contributed by atoms with Gasteiger partial charge in [0.25, 0.3) is 0 Å². The highest BCUT2D eigenvalue weighted by Crippen LogP contribution is 2.46. The van der Waals surface area contributed by atoms with Crippen LogP contribution in [0.25, 0.3) is 11.1 Å². The van der Waals surface area contributed by atoms with Crippen LogP contribution in [0.4, 0.5) is 0 Å². The molecule has 8 rings (SSSR count). The Kier molecular flexibility index (Phi) is 13.5. The Morgan fingerprint density at radius 3 is 1.42 bits per heavy atom. The molecule has 0 N–H and O–H groups in total. The minimum atomic E-state index is -0.102. The molecule has 0 saturated heterocycles. The maximum Gasteiger partial charge on any atom is 0.196 e. The van der Waals surface area contributed by atoms with Crippen molar-refractivity contribution in [3.8, 4) is 11.1 Å². The van der Waals surface area contributed by atoms with E-state index in [1.807, 2.05) is 30.3 Å². The van der Waals surface area contributed by atoms with E-state index in [-0.39, 0.29) is 22.4 Å². The number of benzene rings is 6. The summed E-state index contributed by atoms with van der Waals surface area (Å²) in [5.74, 6) is 1.39. The molecular weight excluding hydrogens is 813 g/mol. The van der Waals surface area contributed by atoms with Crippen LogP contribution >= 0.6 is 35.3 Å². The van der Waals surface area contributed by atoms with Gasteiger partial charge in [-0.1, -0.05) is 182 Å². The summed E-state index contributed by atoms with van der Waals surface area (Å²) < 4.78 is 0. The molecule has 2 aliphatic rings. The molecule has 62 heavy (non-hydrogen) atoms. The van der Waals surface area contributed by atoms with Crippen molar-refractivity contribution in [1.82, 2.24) is 0 Å². The Balaban J connectivity index is 1.06. The van der Waals surface area contributed by atoms with Crippen molar-refractivity contribution in [2.45, 2.75) is 146 Å². The lowest BCUT2D eigenvalue weighted by molar-refractivity contribution is 0.0972. The molecule has 0 amide bonds. The Morgan fingerprint density at radius 1 is 0.484 bits per heavy atom. The number of hydrogen-bond donors (Lipinski definition) is 0. The lowest BCUT2D eigenvalue weighted by Gasteiger charge is -2.29. The number of carbonyl (C=O) groups excluding carboxylic acids is 2. The molecule has 1 fully saturated rings. The highest BCUT2D eigenvalue weighted by molar-refractivity contribution is 8.00. The van der Waals surface area contributed by atoms with E-state index in [9.17, 15) is 4.79 Å². The van der Waals surface area contributed by atoms with Crippen molar-refractivity contribution in [2.75, 3.05) is 0 Å². The molecule has 0 spiro atoms. The van der Waals surface area contributed by atoms with Gasteiger partial charge < -0.3 is 0 Å². The van der Waals surface area contributed by atoms with Gasteiger partial charge in [-0.05, 0) is 131 Å². The lowest BCUT2D eigenvalue weighted by atomic mass is 9.77. The average Bonchev–Trinajstić information content (AvgIpc) is 3.26. The second kappa shape index (κ2) is 18.8. The second-order valence-corrected chi connectivity index (χ2v) is 22.7. The zero-order valence-electron chi connectivity index (χ0n) is 37.5. The summed E-state index contributed by atoms with van der Waals surface area (Å²) in [5, 5.41) is 0. The molecule has 2 nitrogen and oxygen atoms in total. The fourth-order valence-electron chi connectivity index (χ4n) is 9.04. The molecule has 0 aromatic heterocycles. The summed E-state index contributed by atoms with van der Waals surface area (Å²) in [6.07, 6.45) is 10.8. The Morgan fingerprint density at radius 2 is 0.935 bits per heavy atom. The summed E-state index contributed by atoms with van der Waals surface area (Å²) >= 11 is 4.66. The molecule has 0 aliphatic heterocycles. The second-order valence-electron chi connectivity index (χ2n) is 19.4. The number of rotatable bonds is 12. The first kappa shape index (κ1) is 44.3. The first-order chi connectivity index (χ1) is 29.8. The van der Waals surface area contributed by atoms with Crippen LogP contribution < -0.4 is 0 Å². The lowest BCUT2D eigenvalue weighted by Crippen LogP contribution is -2.23. The summed E-state index contributed by atoms with van der Waals surface area (Å²) in [6, 6.07) is 44.8. The third-order valence-electron chi connectivity index (χ3n) is 12.8.